The van der Waals surface area contributed by atoms with Gasteiger partial charge in [0.25, 0.3) is 5.69 Å². The Balaban J connectivity index is 2.54. The van der Waals surface area contributed by atoms with Crippen molar-refractivity contribution >= 4 is 39.9 Å². The topological polar surface area (TPSA) is 84.3 Å². The predicted molar refractivity (Wildman–Crippen MR) is 82.2 cm³/mol. The van der Waals surface area contributed by atoms with Gasteiger partial charge < -0.3 is 10.6 Å². The van der Waals surface area contributed by atoms with Crippen LogP contribution in [0.5, 0.6) is 0 Å². The average molecular weight is 377 g/mol. The summed E-state index contributed by atoms with van der Waals surface area (Å²) in [6.07, 6.45) is 0. The third kappa shape index (κ3) is 5.41. The number of hydrogen-bond acceptors (Lipinski definition) is 4. The molecule has 2 N–H and O–H groups in total. The Morgan fingerprint density at radius 1 is 1.47 bits per heavy atom. The van der Waals surface area contributed by atoms with Crippen LogP contribution in [-0.2, 0) is 4.79 Å². The van der Waals surface area contributed by atoms with Gasteiger partial charge in [-0.25, -0.2) is 0 Å². The average Bonchev–Trinajstić information content (AvgIpc) is 2.34. The Labute approximate surface area is 125 Å². The van der Waals surface area contributed by atoms with Crippen LogP contribution in [0.2, 0.25) is 0 Å². The molecule has 6 nitrogen and oxygen atoms in total. The first kappa shape index (κ1) is 15.7. The van der Waals surface area contributed by atoms with Crippen LogP contribution >= 0.6 is 22.6 Å². The quantitative estimate of drug-likeness (QED) is 0.453. The maximum absolute atomic E-state index is 11.5. The summed E-state index contributed by atoms with van der Waals surface area (Å²) >= 11 is 2.00. The number of hydrogen-bond donors (Lipinski definition) is 2. The second-order valence-electron chi connectivity index (χ2n) is 4.47. The van der Waals surface area contributed by atoms with Crippen molar-refractivity contribution in [1.82, 2.24) is 5.32 Å². The van der Waals surface area contributed by atoms with Crippen molar-refractivity contribution in [2.45, 2.75) is 13.8 Å². The fraction of sp³-hybridized carbons (Fsp3) is 0.417. The van der Waals surface area contributed by atoms with Gasteiger partial charge in [-0.2, -0.15) is 0 Å². The summed E-state index contributed by atoms with van der Waals surface area (Å²) in [7, 11) is 0. The van der Waals surface area contributed by atoms with E-state index in [1.165, 1.54) is 12.1 Å². The van der Waals surface area contributed by atoms with Crippen molar-refractivity contribution < 1.29 is 9.72 Å². The van der Waals surface area contributed by atoms with E-state index < -0.39 is 4.92 Å². The minimum Gasteiger partial charge on any atom is -0.375 e. The molecular weight excluding hydrogens is 361 g/mol. The van der Waals surface area contributed by atoms with Gasteiger partial charge in [-0.3, -0.25) is 14.9 Å². The van der Waals surface area contributed by atoms with Gasteiger partial charge in [-0.15, -0.1) is 0 Å². The van der Waals surface area contributed by atoms with Gasteiger partial charge in [-0.05, 0) is 34.6 Å². The zero-order valence-electron chi connectivity index (χ0n) is 10.8. The molecule has 0 saturated heterocycles. The maximum Gasteiger partial charge on any atom is 0.270 e. The number of nitro benzene ring substituents is 1. The van der Waals surface area contributed by atoms with E-state index in [0.717, 1.165) is 0 Å². The van der Waals surface area contributed by atoms with Gasteiger partial charge in [0.15, 0.2) is 0 Å². The summed E-state index contributed by atoms with van der Waals surface area (Å²) < 4.78 is 0.712. The molecule has 0 aromatic heterocycles. The molecule has 19 heavy (non-hydrogen) atoms. The van der Waals surface area contributed by atoms with Crippen LogP contribution in [0.3, 0.4) is 0 Å². The van der Waals surface area contributed by atoms with Gasteiger partial charge in [-0.1, -0.05) is 13.8 Å². The molecule has 1 rings (SSSR count). The predicted octanol–water partition coefficient (Wildman–Crippen LogP) is 2.38. The van der Waals surface area contributed by atoms with Gasteiger partial charge in [0, 0.05) is 27.9 Å². The largest absolute Gasteiger partial charge is 0.375 e. The lowest BCUT2D eigenvalue weighted by atomic mass is 10.2. The first-order valence-electron chi connectivity index (χ1n) is 5.84. The molecule has 1 aromatic carbocycles. The van der Waals surface area contributed by atoms with Crippen LogP contribution in [0.1, 0.15) is 13.8 Å². The number of carbonyl (C=O) groups is 1. The first-order valence-corrected chi connectivity index (χ1v) is 6.92. The summed E-state index contributed by atoms with van der Waals surface area (Å²) in [5, 5.41) is 16.3. The molecule has 0 aliphatic carbocycles. The van der Waals surface area contributed by atoms with E-state index in [9.17, 15) is 14.9 Å². The van der Waals surface area contributed by atoms with Crippen LogP contribution in [0.15, 0.2) is 18.2 Å². The number of halogens is 1. The lowest BCUT2D eigenvalue weighted by Gasteiger charge is -2.10. The number of anilines is 1. The standard InChI is InChI=1S/C12H16IN3O3/c1-8(2)6-15-12(17)7-14-11-4-3-9(16(18)19)5-10(11)13/h3-5,8,14H,6-7H2,1-2H3,(H,15,17). The SMILES string of the molecule is CC(C)CNC(=O)CNc1ccc([N+](=O)[O-])cc1I. The molecule has 7 heteroatoms. The molecule has 0 heterocycles. The van der Waals surface area contributed by atoms with E-state index in [1.54, 1.807) is 6.07 Å². The Bertz CT molecular complexity index is 477. The van der Waals surface area contributed by atoms with E-state index in [-0.39, 0.29) is 18.1 Å². The van der Waals surface area contributed by atoms with Crippen LogP contribution in [0, 0.1) is 19.6 Å². The molecule has 0 unspecified atom stereocenters. The monoisotopic (exact) mass is 377 g/mol. The molecule has 0 atom stereocenters. The van der Waals surface area contributed by atoms with Gasteiger partial charge in [0.1, 0.15) is 0 Å². The molecule has 1 aromatic rings. The second kappa shape index (κ2) is 7.27. The maximum atomic E-state index is 11.5. The normalized spacial score (nSPS) is 10.3. The number of nitro groups is 1. The number of nitrogens with zero attached hydrogens (tertiary/aromatic N) is 1. The van der Waals surface area contributed by atoms with Crippen molar-refractivity contribution in [3.05, 3.63) is 31.9 Å². The summed E-state index contributed by atoms with van der Waals surface area (Å²) in [4.78, 5) is 21.7. The minimum absolute atomic E-state index is 0.0409. The smallest absolute Gasteiger partial charge is 0.270 e. The van der Waals surface area contributed by atoms with Gasteiger partial charge >= 0.3 is 0 Å². The van der Waals surface area contributed by atoms with Gasteiger partial charge in [0.2, 0.25) is 5.91 Å². The fourth-order valence-corrected chi connectivity index (χ4v) is 2.01. The highest BCUT2D eigenvalue weighted by Crippen LogP contribution is 2.23. The Kier molecular flexibility index (Phi) is 6.00. The van der Waals surface area contributed by atoms with Crippen molar-refractivity contribution in [2.24, 2.45) is 5.92 Å². The van der Waals surface area contributed by atoms with Crippen molar-refractivity contribution in [3.8, 4) is 0 Å². The van der Waals surface area contributed by atoms with Gasteiger partial charge in [0.05, 0.1) is 11.5 Å². The zero-order chi connectivity index (χ0) is 14.4. The molecule has 0 bridgehead atoms. The van der Waals surface area contributed by atoms with Crippen molar-refractivity contribution in [1.29, 1.82) is 0 Å². The minimum atomic E-state index is -0.443. The van der Waals surface area contributed by atoms with Crippen molar-refractivity contribution in [2.75, 3.05) is 18.4 Å². The molecule has 0 fully saturated rings. The van der Waals surface area contributed by atoms with E-state index in [0.29, 0.717) is 21.7 Å². The van der Waals surface area contributed by atoms with E-state index in [2.05, 4.69) is 10.6 Å². The molecule has 0 saturated carbocycles. The van der Waals surface area contributed by atoms with Crippen LogP contribution in [-0.4, -0.2) is 23.9 Å². The fourth-order valence-electron chi connectivity index (χ4n) is 1.32. The molecular formula is C12H16IN3O3. The highest BCUT2D eigenvalue weighted by Gasteiger charge is 2.09. The zero-order valence-corrected chi connectivity index (χ0v) is 12.9. The number of carbonyl (C=O) groups excluding carboxylic acids is 1. The summed E-state index contributed by atoms with van der Waals surface area (Å²) in [5.74, 6) is 0.311. The van der Waals surface area contributed by atoms with Crippen LogP contribution in [0.25, 0.3) is 0 Å². The number of nitrogens with one attached hydrogen (secondary N) is 2. The summed E-state index contributed by atoms with van der Waals surface area (Å²) in [5.41, 5.74) is 0.755. The van der Waals surface area contributed by atoms with Crippen molar-refractivity contribution in [3.63, 3.8) is 0 Å². The summed E-state index contributed by atoms with van der Waals surface area (Å²) in [6.45, 7) is 4.83. The Morgan fingerprint density at radius 3 is 2.68 bits per heavy atom. The van der Waals surface area contributed by atoms with Crippen LogP contribution in [0.4, 0.5) is 11.4 Å². The highest BCUT2D eigenvalue weighted by molar-refractivity contribution is 14.1. The third-order valence-electron chi connectivity index (χ3n) is 2.31. The number of benzene rings is 1. The van der Waals surface area contributed by atoms with E-state index in [1.807, 2.05) is 36.4 Å². The lowest BCUT2D eigenvalue weighted by Crippen LogP contribution is -2.32. The molecule has 0 aliphatic heterocycles. The molecule has 1 amide bonds. The Hall–Kier alpha value is -1.38. The number of non-ortho nitro benzene ring substituents is 1. The number of amides is 1. The van der Waals surface area contributed by atoms with E-state index in [4.69, 9.17) is 0 Å². The molecule has 0 radical (unpaired) electrons. The Morgan fingerprint density at radius 2 is 2.16 bits per heavy atom. The highest BCUT2D eigenvalue weighted by atomic mass is 127. The lowest BCUT2D eigenvalue weighted by molar-refractivity contribution is -0.384. The summed E-state index contributed by atoms with van der Waals surface area (Å²) in [6, 6.07) is 4.49. The van der Waals surface area contributed by atoms with Crippen LogP contribution < -0.4 is 10.6 Å². The molecule has 0 aliphatic rings. The third-order valence-corrected chi connectivity index (χ3v) is 3.20. The molecule has 104 valence electrons. The molecule has 0 spiro atoms. The van der Waals surface area contributed by atoms with E-state index >= 15 is 0 Å². The second-order valence-corrected chi connectivity index (χ2v) is 5.63. The number of rotatable bonds is 6. The first-order chi connectivity index (χ1) is 8.90.